The van der Waals surface area contributed by atoms with Crippen molar-refractivity contribution in [3.05, 3.63) is 46.2 Å². The Morgan fingerprint density at radius 3 is 2.57 bits per heavy atom. The Labute approximate surface area is 170 Å². The molecular formula is C20H19F3N4O3. The summed E-state index contributed by atoms with van der Waals surface area (Å²) in [4.78, 5) is 29.1. The van der Waals surface area contributed by atoms with Gasteiger partial charge in [-0.2, -0.15) is 23.4 Å². The summed E-state index contributed by atoms with van der Waals surface area (Å²) in [5.41, 5.74) is 0.190. The highest BCUT2D eigenvalue weighted by Gasteiger charge is 2.44. The molecule has 1 amide bonds. The van der Waals surface area contributed by atoms with Crippen molar-refractivity contribution in [2.45, 2.75) is 44.4 Å². The molecule has 1 N–H and O–H groups in total. The van der Waals surface area contributed by atoms with Gasteiger partial charge in [-0.05, 0) is 19.8 Å². The van der Waals surface area contributed by atoms with Crippen LogP contribution in [0.25, 0.3) is 11.3 Å². The molecule has 10 heteroatoms. The van der Waals surface area contributed by atoms with Gasteiger partial charge in [0.25, 0.3) is 11.6 Å². The van der Waals surface area contributed by atoms with Crippen LogP contribution >= 0.6 is 0 Å². The molecule has 0 bridgehead atoms. The molecule has 158 valence electrons. The number of halogens is 3. The largest absolute Gasteiger partial charge is 0.464 e. The third kappa shape index (κ3) is 5.37. The van der Waals surface area contributed by atoms with Gasteiger partial charge in [0.15, 0.2) is 0 Å². The maximum Gasteiger partial charge on any atom is 0.392 e. The third-order valence-electron chi connectivity index (χ3n) is 4.58. The molecule has 0 spiro atoms. The first-order valence-electron chi connectivity index (χ1n) is 9.22. The number of carbonyl (C=O) groups excluding carboxylic acids is 1. The van der Waals surface area contributed by atoms with E-state index in [-0.39, 0.29) is 11.7 Å². The third-order valence-corrected chi connectivity index (χ3v) is 4.58. The topological polar surface area (TPSA) is 97.0 Å². The van der Waals surface area contributed by atoms with Crippen molar-refractivity contribution >= 4 is 5.91 Å². The van der Waals surface area contributed by atoms with E-state index in [1.165, 1.54) is 6.07 Å². The maximum atomic E-state index is 12.6. The fourth-order valence-corrected chi connectivity index (χ4v) is 2.71. The second-order valence-electron chi connectivity index (χ2n) is 7.17. The lowest BCUT2D eigenvalue weighted by Crippen LogP contribution is -2.40. The molecule has 2 aromatic rings. The average molecular weight is 420 g/mol. The van der Waals surface area contributed by atoms with Crippen LogP contribution in [0.4, 0.5) is 13.2 Å². The Morgan fingerprint density at radius 2 is 2.00 bits per heavy atom. The van der Waals surface area contributed by atoms with Crippen LogP contribution in [0.15, 0.2) is 35.1 Å². The second kappa shape index (κ2) is 8.18. The van der Waals surface area contributed by atoms with E-state index in [1.807, 2.05) is 13.0 Å². The van der Waals surface area contributed by atoms with Crippen LogP contribution in [0.3, 0.4) is 0 Å². The van der Waals surface area contributed by atoms with Crippen molar-refractivity contribution in [2.75, 3.05) is 6.61 Å². The fraction of sp³-hybridized carbons (Fsp3) is 0.400. The molecule has 0 saturated heterocycles. The summed E-state index contributed by atoms with van der Waals surface area (Å²) in [5.74, 6) is -0.623. The quantitative estimate of drug-likeness (QED) is 0.743. The van der Waals surface area contributed by atoms with Crippen LogP contribution in [0.1, 0.15) is 24.8 Å². The number of nitriles is 1. The lowest BCUT2D eigenvalue weighted by Gasteiger charge is -2.16. The number of nitrogens with one attached hydrogen (secondary N) is 1. The summed E-state index contributed by atoms with van der Waals surface area (Å²) in [6, 6.07) is 9.83. The number of alkyl halides is 3. The monoisotopic (exact) mass is 420 g/mol. The van der Waals surface area contributed by atoms with Crippen molar-refractivity contribution in [3.63, 3.8) is 0 Å². The van der Waals surface area contributed by atoms with E-state index in [4.69, 9.17) is 10.00 Å². The van der Waals surface area contributed by atoms with Crippen LogP contribution in [-0.2, 0) is 11.3 Å². The van der Waals surface area contributed by atoms with E-state index in [0.717, 1.165) is 10.1 Å². The minimum absolute atomic E-state index is 0.217. The second-order valence-corrected chi connectivity index (χ2v) is 7.17. The van der Waals surface area contributed by atoms with Gasteiger partial charge in [-0.1, -0.05) is 29.8 Å². The number of amides is 1. The molecule has 1 heterocycles. The number of ether oxygens (including phenoxy) is 1. The van der Waals surface area contributed by atoms with Crippen molar-refractivity contribution in [2.24, 2.45) is 0 Å². The lowest BCUT2D eigenvalue weighted by atomic mass is 10.1. The number of hydrogen-bond donors (Lipinski definition) is 1. The van der Waals surface area contributed by atoms with E-state index < -0.39 is 42.8 Å². The number of hydrogen-bond acceptors (Lipinski definition) is 5. The summed E-state index contributed by atoms with van der Waals surface area (Å²) in [6.07, 6.45) is -4.67. The minimum atomic E-state index is -4.44. The number of nitrogens with zero attached hydrogens (tertiary/aromatic N) is 3. The molecule has 0 atom stereocenters. The SMILES string of the molecule is Cc1ccc(-c2cc(=O)n(CC(=O)NC3(C#N)CC3)c(OCCC(F)(F)F)n2)cc1. The highest BCUT2D eigenvalue weighted by Crippen LogP contribution is 2.34. The number of aromatic nitrogens is 2. The van der Waals surface area contributed by atoms with Gasteiger partial charge in [-0.3, -0.25) is 14.2 Å². The molecule has 1 aliphatic carbocycles. The standard InChI is InChI=1S/C20H19F3N4O3/c1-13-2-4-14(5-3-13)15-10-17(29)27(11-16(28)26-19(12-24)6-7-19)18(25-15)30-9-8-20(21,22)23/h2-5,10H,6-9,11H2,1H3,(H,26,28). The molecule has 1 aromatic carbocycles. The van der Waals surface area contributed by atoms with Crippen molar-refractivity contribution in [1.82, 2.24) is 14.9 Å². The van der Waals surface area contributed by atoms with Crippen molar-refractivity contribution in [3.8, 4) is 23.3 Å². The van der Waals surface area contributed by atoms with E-state index in [9.17, 15) is 22.8 Å². The van der Waals surface area contributed by atoms with Gasteiger partial charge < -0.3 is 10.1 Å². The predicted molar refractivity (Wildman–Crippen MR) is 101 cm³/mol. The predicted octanol–water partition coefficient (Wildman–Crippen LogP) is 2.72. The zero-order valence-corrected chi connectivity index (χ0v) is 16.1. The first-order chi connectivity index (χ1) is 14.1. The Kier molecular flexibility index (Phi) is 5.82. The van der Waals surface area contributed by atoms with E-state index >= 15 is 0 Å². The van der Waals surface area contributed by atoms with E-state index in [0.29, 0.717) is 18.4 Å². The molecule has 0 radical (unpaired) electrons. The first kappa shape index (κ1) is 21.4. The number of carbonyl (C=O) groups is 1. The summed E-state index contributed by atoms with van der Waals surface area (Å²) in [6.45, 7) is 0.606. The number of rotatable bonds is 7. The Bertz CT molecular complexity index is 1040. The zero-order valence-electron chi connectivity index (χ0n) is 16.1. The summed E-state index contributed by atoms with van der Waals surface area (Å²) < 4.78 is 43.5. The van der Waals surface area contributed by atoms with Gasteiger partial charge >= 0.3 is 6.18 Å². The van der Waals surface area contributed by atoms with Crippen LogP contribution in [0, 0.1) is 18.3 Å². The molecule has 0 unspecified atom stereocenters. The van der Waals surface area contributed by atoms with Gasteiger partial charge in [0.05, 0.1) is 18.2 Å². The summed E-state index contributed by atoms with van der Waals surface area (Å²) in [5, 5.41) is 11.6. The first-order valence-corrected chi connectivity index (χ1v) is 9.22. The fourth-order valence-electron chi connectivity index (χ4n) is 2.71. The molecule has 3 rings (SSSR count). The van der Waals surface area contributed by atoms with Gasteiger partial charge in [0.1, 0.15) is 18.7 Å². The van der Waals surface area contributed by atoms with Crippen LogP contribution in [0.2, 0.25) is 0 Å². The maximum absolute atomic E-state index is 12.6. The van der Waals surface area contributed by atoms with Crippen molar-refractivity contribution < 1.29 is 22.7 Å². The average Bonchev–Trinajstić information content (AvgIpc) is 3.43. The highest BCUT2D eigenvalue weighted by atomic mass is 19.4. The van der Waals surface area contributed by atoms with Crippen LogP contribution < -0.4 is 15.6 Å². The van der Waals surface area contributed by atoms with E-state index in [1.54, 1.807) is 24.3 Å². The van der Waals surface area contributed by atoms with E-state index in [2.05, 4.69) is 10.3 Å². The van der Waals surface area contributed by atoms with Gasteiger partial charge in [-0.25, -0.2) is 0 Å². The molecule has 1 saturated carbocycles. The lowest BCUT2D eigenvalue weighted by molar-refractivity contribution is -0.140. The summed E-state index contributed by atoms with van der Waals surface area (Å²) >= 11 is 0. The minimum Gasteiger partial charge on any atom is -0.464 e. The molecule has 1 aliphatic rings. The van der Waals surface area contributed by atoms with Crippen LogP contribution in [-0.4, -0.2) is 33.8 Å². The molecule has 7 nitrogen and oxygen atoms in total. The Balaban J connectivity index is 1.89. The molecular weight excluding hydrogens is 401 g/mol. The highest BCUT2D eigenvalue weighted by molar-refractivity contribution is 5.78. The zero-order chi connectivity index (χ0) is 21.9. The Hall–Kier alpha value is -3.35. The number of aryl methyl sites for hydroxylation is 1. The molecule has 0 aliphatic heterocycles. The van der Waals surface area contributed by atoms with Crippen LogP contribution in [0.5, 0.6) is 6.01 Å². The number of benzene rings is 1. The van der Waals surface area contributed by atoms with Gasteiger partial charge in [-0.15, -0.1) is 0 Å². The van der Waals surface area contributed by atoms with Gasteiger partial charge in [0, 0.05) is 11.6 Å². The molecule has 1 aromatic heterocycles. The normalized spacial score (nSPS) is 14.6. The summed E-state index contributed by atoms with van der Waals surface area (Å²) in [7, 11) is 0. The molecule has 1 fully saturated rings. The molecule has 30 heavy (non-hydrogen) atoms. The van der Waals surface area contributed by atoms with Gasteiger partial charge in [0.2, 0.25) is 5.91 Å². The Morgan fingerprint density at radius 1 is 1.33 bits per heavy atom. The van der Waals surface area contributed by atoms with Crippen molar-refractivity contribution in [1.29, 1.82) is 5.26 Å². The smallest absolute Gasteiger partial charge is 0.392 e.